The molecule has 0 atom stereocenters. The van der Waals surface area contributed by atoms with Crippen molar-refractivity contribution in [2.75, 3.05) is 34.5 Å². The van der Waals surface area contributed by atoms with Crippen molar-refractivity contribution in [1.29, 1.82) is 0 Å². The molecule has 4 heteroatoms. The Morgan fingerprint density at radius 2 is 1.53 bits per heavy atom. The molecule has 0 N–H and O–H groups in total. The Kier molecular flexibility index (Phi) is 14.7. The van der Waals surface area contributed by atoms with Crippen molar-refractivity contribution in [3.63, 3.8) is 0 Å². The van der Waals surface area contributed by atoms with Crippen molar-refractivity contribution in [3.8, 4) is 0 Å². The van der Waals surface area contributed by atoms with Crippen LogP contribution in [-0.4, -0.2) is 34.5 Å². The lowest BCUT2D eigenvalue weighted by molar-refractivity contribution is 0.565. The van der Waals surface area contributed by atoms with E-state index < -0.39 is 0 Å². The highest BCUT2D eigenvalue weighted by molar-refractivity contribution is 8.00. The summed E-state index contributed by atoms with van der Waals surface area (Å²) in [5, 5.41) is 0. The first-order valence-electron chi connectivity index (χ1n) is 5.72. The third-order valence-electron chi connectivity index (χ3n) is 2.14. The predicted octanol–water partition coefficient (Wildman–Crippen LogP) is 4.12. The monoisotopic (exact) mass is 284 g/mol. The normalized spacial score (nSPS) is 11.2. The van der Waals surface area contributed by atoms with Gasteiger partial charge in [-0.2, -0.15) is 48.8 Å². The number of thiol groups is 2. The van der Waals surface area contributed by atoms with E-state index in [0.29, 0.717) is 0 Å². The number of thioether (sulfide) groups is 2. The van der Waals surface area contributed by atoms with E-state index in [1.807, 2.05) is 0 Å². The highest BCUT2D eigenvalue weighted by Crippen LogP contribution is 2.20. The molecule has 0 spiro atoms. The summed E-state index contributed by atoms with van der Waals surface area (Å²) in [7, 11) is 0. The van der Waals surface area contributed by atoms with Crippen LogP contribution in [0.15, 0.2) is 0 Å². The summed E-state index contributed by atoms with van der Waals surface area (Å²) < 4.78 is 0. The van der Waals surface area contributed by atoms with Gasteiger partial charge in [0.05, 0.1) is 0 Å². The minimum Gasteiger partial charge on any atom is -0.179 e. The second-order valence-electron chi connectivity index (χ2n) is 3.61. The van der Waals surface area contributed by atoms with Gasteiger partial charge in [0.2, 0.25) is 0 Å². The lowest BCUT2D eigenvalue weighted by atomic mass is 10.1. The fourth-order valence-corrected chi connectivity index (χ4v) is 4.09. The van der Waals surface area contributed by atoms with E-state index in [1.165, 1.54) is 42.3 Å². The Balaban J connectivity index is 3.53. The van der Waals surface area contributed by atoms with Crippen molar-refractivity contribution in [1.82, 2.24) is 0 Å². The standard InChI is InChI=1S/C11H24S4/c1-2-3-4-11(9-14-7-5-12)10-15-8-6-13/h11-13H,2-10H2,1H3. The third-order valence-corrected chi connectivity index (χ3v) is 5.60. The summed E-state index contributed by atoms with van der Waals surface area (Å²) in [5.74, 6) is 7.95. The van der Waals surface area contributed by atoms with Gasteiger partial charge in [-0.05, 0) is 35.4 Å². The number of hydrogen-bond donors (Lipinski definition) is 2. The second-order valence-corrected chi connectivity index (χ2v) is 6.80. The zero-order valence-corrected chi connectivity index (χ0v) is 13.1. The van der Waals surface area contributed by atoms with Crippen LogP contribution in [-0.2, 0) is 0 Å². The van der Waals surface area contributed by atoms with E-state index in [4.69, 9.17) is 0 Å². The molecule has 0 unspecified atom stereocenters. The molecule has 0 aromatic rings. The number of rotatable bonds is 11. The molecule has 0 fully saturated rings. The fourth-order valence-electron chi connectivity index (χ4n) is 1.34. The zero-order chi connectivity index (χ0) is 11.4. The molecular weight excluding hydrogens is 260 g/mol. The van der Waals surface area contributed by atoms with Crippen LogP contribution >= 0.6 is 48.8 Å². The van der Waals surface area contributed by atoms with E-state index in [9.17, 15) is 0 Å². The van der Waals surface area contributed by atoms with Crippen LogP contribution in [0.4, 0.5) is 0 Å². The molecule has 0 amide bonds. The van der Waals surface area contributed by atoms with Crippen LogP contribution in [0.25, 0.3) is 0 Å². The average Bonchev–Trinajstić information content (AvgIpc) is 2.25. The van der Waals surface area contributed by atoms with E-state index in [2.05, 4.69) is 55.7 Å². The molecule has 0 nitrogen and oxygen atoms in total. The number of unbranched alkanes of at least 4 members (excludes halogenated alkanes) is 1. The minimum atomic E-state index is 0.903. The average molecular weight is 285 g/mol. The highest BCUT2D eigenvalue weighted by Gasteiger charge is 2.08. The predicted molar refractivity (Wildman–Crippen MR) is 85.4 cm³/mol. The molecule has 0 heterocycles. The maximum Gasteiger partial charge on any atom is 0.00211 e. The van der Waals surface area contributed by atoms with E-state index in [0.717, 1.165) is 17.4 Å². The first kappa shape index (κ1) is 16.4. The largest absolute Gasteiger partial charge is 0.179 e. The molecule has 0 saturated carbocycles. The minimum absolute atomic E-state index is 0.903. The molecule has 0 radical (unpaired) electrons. The summed E-state index contributed by atoms with van der Waals surface area (Å²) in [6, 6.07) is 0. The first-order valence-corrected chi connectivity index (χ1v) is 9.29. The third kappa shape index (κ3) is 11.7. The molecule has 0 aliphatic rings. The first-order chi connectivity index (χ1) is 7.35. The van der Waals surface area contributed by atoms with Crippen molar-refractivity contribution >= 4 is 48.8 Å². The van der Waals surface area contributed by atoms with Crippen LogP contribution in [0.3, 0.4) is 0 Å². The second kappa shape index (κ2) is 13.5. The summed E-state index contributed by atoms with van der Waals surface area (Å²) >= 11 is 12.6. The summed E-state index contributed by atoms with van der Waals surface area (Å²) in [6.45, 7) is 2.28. The summed E-state index contributed by atoms with van der Waals surface area (Å²) in [6.07, 6.45) is 4.11. The molecule has 0 aliphatic heterocycles. The maximum absolute atomic E-state index is 4.24. The van der Waals surface area contributed by atoms with Gasteiger partial charge in [0.25, 0.3) is 0 Å². The van der Waals surface area contributed by atoms with Crippen LogP contribution in [0.5, 0.6) is 0 Å². The Morgan fingerprint density at radius 1 is 1.00 bits per heavy atom. The molecular formula is C11H24S4. The van der Waals surface area contributed by atoms with E-state index in [-0.39, 0.29) is 0 Å². The van der Waals surface area contributed by atoms with Gasteiger partial charge in [0.15, 0.2) is 0 Å². The molecule has 0 saturated heterocycles. The van der Waals surface area contributed by atoms with Gasteiger partial charge in [0.1, 0.15) is 0 Å². The van der Waals surface area contributed by atoms with Crippen LogP contribution in [0.1, 0.15) is 26.2 Å². The fraction of sp³-hybridized carbons (Fsp3) is 1.00. The van der Waals surface area contributed by atoms with Gasteiger partial charge < -0.3 is 0 Å². The lowest BCUT2D eigenvalue weighted by Crippen LogP contribution is -2.08. The zero-order valence-electron chi connectivity index (χ0n) is 9.65. The molecule has 0 aromatic carbocycles. The Hall–Kier alpha value is 1.40. The molecule has 0 rings (SSSR count). The van der Waals surface area contributed by atoms with Gasteiger partial charge in [-0.3, -0.25) is 0 Å². The Bertz CT molecular complexity index is 109. The van der Waals surface area contributed by atoms with Gasteiger partial charge in [-0.1, -0.05) is 19.8 Å². The van der Waals surface area contributed by atoms with Crippen molar-refractivity contribution in [3.05, 3.63) is 0 Å². The number of hydrogen-bond acceptors (Lipinski definition) is 4. The molecule has 92 valence electrons. The molecule has 15 heavy (non-hydrogen) atoms. The van der Waals surface area contributed by atoms with Gasteiger partial charge in [-0.25, -0.2) is 0 Å². The van der Waals surface area contributed by atoms with Gasteiger partial charge in [-0.15, -0.1) is 0 Å². The molecule has 0 bridgehead atoms. The Labute approximate surface area is 115 Å². The van der Waals surface area contributed by atoms with Gasteiger partial charge in [0, 0.05) is 11.5 Å². The van der Waals surface area contributed by atoms with Crippen LogP contribution in [0.2, 0.25) is 0 Å². The van der Waals surface area contributed by atoms with Crippen LogP contribution in [0, 0.1) is 5.92 Å². The van der Waals surface area contributed by atoms with Crippen molar-refractivity contribution in [2.24, 2.45) is 5.92 Å². The lowest BCUT2D eigenvalue weighted by Gasteiger charge is -2.15. The van der Waals surface area contributed by atoms with Gasteiger partial charge >= 0.3 is 0 Å². The molecule has 0 aliphatic carbocycles. The van der Waals surface area contributed by atoms with Crippen LogP contribution < -0.4 is 0 Å². The summed E-state index contributed by atoms with van der Waals surface area (Å²) in [5.41, 5.74) is 0. The SMILES string of the molecule is CCCCC(CSCCS)CSCCS. The smallest absolute Gasteiger partial charge is 0.00211 e. The molecule has 0 aromatic heterocycles. The van der Waals surface area contributed by atoms with Crippen molar-refractivity contribution < 1.29 is 0 Å². The Morgan fingerprint density at radius 3 is 1.93 bits per heavy atom. The van der Waals surface area contributed by atoms with E-state index in [1.54, 1.807) is 0 Å². The quantitative estimate of drug-likeness (QED) is 0.433. The van der Waals surface area contributed by atoms with Crippen molar-refractivity contribution in [2.45, 2.75) is 26.2 Å². The topological polar surface area (TPSA) is 0 Å². The summed E-state index contributed by atoms with van der Waals surface area (Å²) in [4.78, 5) is 0. The highest BCUT2D eigenvalue weighted by atomic mass is 32.2. The van der Waals surface area contributed by atoms with E-state index >= 15 is 0 Å². The maximum atomic E-state index is 4.24.